The van der Waals surface area contributed by atoms with Crippen LogP contribution >= 0.6 is 11.8 Å². The maximum atomic E-state index is 3.05. The summed E-state index contributed by atoms with van der Waals surface area (Å²) in [7, 11) is 0. The fourth-order valence-corrected chi connectivity index (χ4v) is 1.27. The third kappa shape index (κ3) is 1.08. The second-order valence-corrected chi connectivity index (χ2v) is 2.99. The fraction of sp³-hybridized carbons (Fsp3) is 0.429. The van der Waals surface area contributed by atoms with Gasteiger partial charge in [-0.05, 0) is 13.3 Å². The summed E-state index contributed by atoms with van der Waals surface area (Å²) >= 11 is 1.78. The zero-order chi connectivity index (χ0) is 5.98. The first-order valence-electron chi connectivity index (χ1n) is 2.72. The van der Waals surface area contributed by atoms with Crippen LogP contribution in [0.4, 0.5) is 0 Å². The molecule has 1 rings (SSSR count). The minimum Gasteiger partial charge on any atom is -0.0810 e. The van der Waals surface area contributed by atoms with Gasteiger partial charge in [0.1, 0.15) is 0 Å². The molecular formula is C7H8S. The van der Waals surface area contributed by atoms with Gasteiger partial charge in [0, 0.05) is 9.81 Å². The molecule has 1 heterocycles. The van der Waals surface area contributed by atoms with E-state index < -0.39 is 0 Å². The number of hydrogen-bond acceptors (Lipinski definition) is 1. The van der Waals surface area contributed by atoms with E-state index in [4.69, 9.17) is 0 Å². The van der Waals surface area contributed by atoms with Crippen molar-refractivity contribution in [1.29, 1.82) is 0 Å². The maximum absolute atomic E-state index is 3.05. The molecule has 0 aromatic heterocycles. The lowest BCUT2D eigenvalue weighted by Crippen LogP contribution is -1.64. The van der Waals surface area contributed by atoms with E-state index in [0.29, 0.717) is 0 Å². The summed E-state index contributed by atoms with van der Waals surface area (Å²) in [6, 6.07) is 0. The molecule has 0 unspecified atom stereocenters. The Bertz CT molecular complexity index is 188. The van der Waals surface area contributed by atoms with Crippen LogP contribution < -0.4 is 0 Å². The summed E-state index contributed by atoms with van der Waals surface area (Å²) in [5.41, 5.74) is 6.06. The molecule has 1 aliphatic rings. The monoisotopic (exact) mass is 124 g/mol. The highest BCUT2D eigenvalue weighted by molar-refractivity contribution is 8.06. The molecular weight excluding hydrogens is 116 g/mol. The van der Waals surface area contributed by atoms with Crippen molar-refractivity contribution in [3.63, 3.8) is 0 Å². The van der Waals surface area contributed by atoms with Crippen LogP contribution in [0.2, 0.25) is 0 Å². The van der Waals surface area contributed by atoms with Gasteiger partial charge in [-0.25, -0.2) is 0 Å². The van der Waals surface area contributed by atoms with Crippen LogP contribution in [-0.4, -0.2) is 0 Å². The van der Waals surface area contributed by atoms with Gasteiger partial charge in [-0.3, -0.25) is 0 Å². The second-order valence-electron chi connectivity index (χ2n) is 1.68. The summed E-state index contributed by atoms with van der Waals surface area (Å²) in [4.78, 5) is 2.55. The van der Waals surface area contributed by atoms with Crippen LogP contribution in [-0.2, 0) is 0 Å². The molecule has 1 heteroatoms. The molecule has 0 aliphatic carbocycles. The first-order chi connectivity index (χ1) is 3.83. The van der Waals surface area contributed by atoms with Gasteiger partial charge >= 0.3 is 0 Å². The van der Waals surface area contributed by atoms with E-state index in [1.165, 1.54) is 9.81 Å². The van der Waals surface area contributed by atoms with Gasteiger partial charge in [0.15, 0.2) is 0 Å². The molecule has 1 aliphatic heterocycles. The molecule has 0 saturated carbocycles. The summed E-state index contributed by atoms with van der Waals surface area (Å²) < 4.78 is 0. The normalized spacial score (nSPS) is 16.2. The van der Waals surface area contributed by atoms with E-state index in [1.54, 1.807) is 11.8 Å². The average Bonchev–Trinajstić information content (AvgIpc) is 2.14. The molecule has 0 saturated heterocycles. The van der Waals surface area contributed by atoms with Crippen molar-refractivity contribution in [2.45, 2.75) is 20.3 Å². The third-order valence-electron chi connectivity index (χ3n) is 0.975. The molecule has 0 nitrogen and oxygen atoms in total. The molecule has 0 N–H and O–H groups in total. The molecule has 0 radical (unpaired) electrons. The zero-order valence-corrected chi connectivity index (χ0v) is 5.93. The Balaban J connectivity index is 2.83. The van der Waals surface area contributed by atoms with Gasteiger partial charge < -0.3 is 0 Å². The highest BCUT2D eigenvalue weighted by Gasteiger charge is 1.98. The van der Waals surface area contributed by atoms with E-state index in [9.17, 15) is 0 Å². The number of allylic oxidation sites excluding steroid dienone is 2. The molecule has 0 atom stereocenters. The van der Waals surface area contributed by atoms with Crippen molar-refractivity contribution in [3.05, 3.63) is 21.3 Å². The minimum absolute atomic E-state index is 1.09. The van der Waals surface area contributed by atoms with Crippen molar-refractivity contribution in [2.24, 2.45) is 0 Å². The van der Waals surface area contributed by atoms with Gasteiger partial charge in [0.05, 0.1) is 0 Å². The molecule has 42 valence electrons. The second kappa shape index (κ2) is 2.28. The lowest BCUT2D eigenvalue weighted by Gasteiger charge is -1.90. The van der Waals surface area contributed by atoms with Gasteiger partial charge in [-0.15, -0.1) is 0 Å². The predicted octanol–water partition coefficient (Wildman–Crippen LogP) is 2.68. The van der Waals surface area contributed by atoms with Gasteiger partial charge in [-0.2, -0.15) is 0 Å². The number of hydrogen-bond donors (Lipinski definition) is 0. The molecule has 8 heavy (non-hydrogen) atoms. The number of rotatable bonds is 1. The molecule has 0 aromatic carbocycles. The summed E-state index contributed by atoms with van der Waals surface area (Å²) in [6.07, 6.45) is 1.09. The largest absolute Gasteiger partial charge is 0.0810 e. The highest BCUT2D eigenvalue weighted by Crippen LogP contribution is 2.28. The highest BCUT2D eigenvalue weighted by atomic mass is 32.2. The van der Waals surface area contributed by atoms with E-state index in [-0.39, 0.29) is 0 Å². The van der Waals surface area contributed by atoms with Crippen LogP contribution in [0.1, 0.15) is 20.3 Å². The standard InChI is InChI=1S/C7H8S/c1-3-7-5-4-6(2)8-7/h3H2,1-2H3. The SMILES string of the molecule is CCC1=C=C=C(C)S1. The van der Waals surface area contributed by atoms with Crippen LogP contribution in [0.5, 0.6) is 0 Å². The Labute approximate surface area is 54.0 Å². The minimum atomic E-state index is 1.09. The Morgan fingerprint density at radius 1 is 1.50 bits per heavy atom. The van der Waals surface area contributed by atoms with Crippen molar-refractivity contribution in [1.82, 2.24) is 0 Å². The Morgan fingerprint density at radius 3 is 2.50 bits per heavy atom. The lowest BCUT2D eigenvalue weighted by atomic mass is 10.4. The maximum Gasteiger partial charge on any atom is 0.0400 e. The number of thioether (sulfide) groups is 1. The Kier molecular flexibility index (Phi) is 1.65. The fourth-order valence-electron chi connectivity index (χ4n) is 0.554. The summed E-state index contributed by atoms with van der Waals surface area (Å²) in [6.45, 7) is 4.19. The van der Waals surface area contributed by atoms with Crippen molar-refractivity contribution < 1.29 is 0 Å². The first-order valence-corrected chi connectivity index (χ1v) is 3.54. The van der Waals surface area contributed by atoms with E-state index in [1.807, 2.05) is 0 Å². The van der Waals surface area contributed by atoms with Gasteiger partial charge in [0.25, 0.3) is 0 Å². The lowest BCUT2D eigenvalue weighted by molar-refractivity contribution is 1.21. The van der Waals surface area contributed by atoms with Crippen LogP contribution in [0, 0.1) is 0 Å². The van der Waals surface area contributed by atoms with Gasteiger partial charge in [0.2, 0.25) is 0 Å². The summed E-state index contributed by atoms with van der Waals surface area (Å²) in [5, 5.41) is 0. The Hall–Kier alpha value is -0.350. The smallest absolute Gasteiger partial charge is 0.0400 e. The zero-order valence-electron chi connectivity index (χ0n) is 5.12. The molecule has 0 fully saturated rings. The van der Waals surface area contributed by atoms with Crippen molar-refractivity contribution in [2.75, 3.05) is 0 Å². The first kappa shape index (κ1) is 5.78. The van der Waals surface area contributed by atoms with Crippen molar-refractivity contribution in [3.8, 4) is 0 Å². The van der Waals surface area contributed by atoms with Crippen molar-refractivity contribution >= 4 is 11.8 Å². The average molecular weight is 124 g/mol. The van der Waals surface area contributed by atoms with Crippen LogP contribution in [0.15, 0.2) is 21.3 Å². The van der Waals surface area contributed by atoms with Gasteiger partial charge in [-0.1, -0.05) is 30.1 Å². The predicted molar refractivity (Wildman–Crippen MR) is 37.6 cm³/mol. The summed E-state index contributed by atoms with van der Waals surface area (Å²) in [5.74, 6) is 0. The van der Waals surface area contributed by atoms with E-state index in [0.717, 1.165) is 6.42 Å². The topological polar surface area (TPSA) is 0 Å². The molecule has 0 bridgehead atoms. The van der Waals surface area contributed by atoms with Crippen LogP contribution in [0.3, 0.4) is 0 Å². The molecule has 0 spiro atoms. The quantitative estimate of drug-likeness (QED) is 0.484. The molecule has 0 aromatic rings. The molecule has 0 amide bonds. The van der Waals surface area contributed by atoms with Crippen LogP contribution in [0.25, 0.3) is 0 Å². The Morgan fingerprint density at radius 2 is 2.25 bits per heavy atom. The van der Waals surface area contributed by atoms with E-state index >= 15 is 0 Å². The third-order valence-corrected chi connectivity index (χ3v) is 2.02. The van der Waals surface area contributed by atoms with E-state index in [2.05, 4.69) is 25.3 Å².